The van der Waals surface area contributed by atoms with E-state index in [1.54, 1.807) is 18.2 Å². The average molecular weight is 348 g/mol. The molecule has 5 nitrogen and oxygen atoms in total. The highest BCUT2D eigenvalue weighted by Gasteiger charge is 2.35. The fourth-order valence-electron chi connectivity index (χ4n) is 2.93. The van der Waals surface area contributed by atoms with Gasteiger partial charge in [0.25, 0.3) is 0 Å². The van der Waals surface area contributed by atoms with Crippen LogP contribution in [0.3, 0.4) is 0 Å². The molecule has 1 atom stereocenters. The van der Waals surface area contributed by atoms with E-state index in [-0.39, 0.29) is 0 Å². The molecule has 26 heavy (non-hydrogen) atoms. The van der Waals surface area contributed by atoms with Gasteiger partial charge in [0.05, 0.1) is 5.41 Å². The molecule has 132 valence electrons. The molecule has 4 N–H and O–H groups in total. The number of amides is 2. The van der Waals surface area contributed by atoms with Crippen LogP contribution in [-0.2, 0) is 16.0 Å². The highest BCUT2D eigenvalue weighted by Crippen LogP contribution is 2.34. The number of allylic oxidation sites excluding steroid dienone is 1. The number of ether oxygens (including phenoxy) is 1. The van der Waals surface area contributed by atoms with Gasteiger partial charge in [-0.25, -0.2) is 0 Å². The molecular weight excluding hydrogens is 328 g/mol. The Morgan fingerprint density at radius 2 is 1.62 bits per heavy atom. The van der Waals surface area contributed by atoms with Crippen LogP contribution in [0, 0.1) is 5.41 Å². The van der Waals surface area contributed by atoms with Gasteiger partial charge in [0.1, 0.15) is 11.5 Å². The molecule has 1 unspecified atom stereocenters. The average Bonchev–Trinajstić information content (AvgIpc) is 2.64. The maximum atomic E-state index is 12.1. The summed E-state index contributed by atoms with van der Waals surface area (Å²) in [5.74, 6) is 0.524. The number of nitrogens with two attached hydrogens (primary N) is 2. The van der Waals surface area contributed by atoms with Gasteiger partial charge in [0.2, 0.25) is 11.8 Å². The third-order valence-corrected chi connectivity index (χ3v) is 4.47. The minimum absolute atomic E-state index is 0.347. The van der Waals surface area contributed by atoms with Crippen molar-refractivity contribution in [3.05, 3.63) is 84.0 Å². The van der Waals surface area contributed by atoms with Crippen LogP contribution < -0.4 is 16.2 Å². The minimum Gasteiger partial charge on any atom is -0.457 e. The molecule has 0 bridgehead atoms. The molecule has 0 heterocycles. The van der Waals surface area contributed by atoms with E-state index in [0.717, 1.165) is 11.3 Å². The van der Waals surface area contributed by atoms with E-state index < -0.39 is 17.2 Å². The number of benzene rings is 2. The molecule has 0 spiro atoms. The second kappa shape index (κ2) is 7.27. The van der Waals surface area contributed by atoms with E-state index in [9.17, 15) is 9.59 Å². The highest BCUT2D eigenvalue weighted by atomic mass is 16.5. The number of hydrogen-bond acceptors (Lipinski definition) is 3. The van der Waals surface area contributed by atoms with Crippen LogP contribution in [0.1, 0.15) is 12.0 Å². The highest BCUT2D eigenvalue weighted by molar-refractivity contribution is 5.96. The largest absolute Gasteiger partial charge is 0.457 e. The van der Waals surface area contributed by atoms with Crippen LogP contribution in [0.25, 0.3) is 0 Å². The molecule has 1 aliphatic carbocycles. The maximum Gasteiger partial charge on any atom is 0.248 e. The van der Waals surface area contributed by atoms with Crippen molar-refractivity contribution in [3.63, 3.8) is 0 Å². The number of primary amides is 2. The fourth-order valence-corrected chi connectivity index (χ4v) is 2.93. The first-order valence-corrected chi connectivity index (χ1v) is 8.29. The first kappa shape index (κ1) is 17.5. The van der Waals surface area contributed by atoms with Crippen LogP contribution in [0.2, 0.25) is 0 Å². The summed E-state index contributed by atoms with van der Waals surface area (Å²) in [5, 5.41) is 0. The molecule has 3 rings (SSSR count). The summed E-state index contributed by atoms with van der Waals surface area (Å²) in [7, 11) is 0. The second-order valence-electron chi connectivity index (χ2n) is 6.32. The number of carbonyl (C=O) groups excluding carboxylic acids is 2. The molecule has 5 heteroatoms. The Bertz CT molecular complexity index is 870. The topological polar surface area (TPSA) is 95.4 Å². The van der Waals surface area contributed by atoms with Crippen molar-refractivity contribution in [2.24, 2.45) is 16.9 Å². The Balaban J connectivity index is 1.74. The second-order valence-corrected chi connectivity index (χ2v) is 6.32. The summed E-state index contributed by atoms with van der Waals surface area (Å²) in [6.45, 7) is 0. The molecule has 0 radical (unpaired) electrons. The number of hydrogen-bond donors (Lipinski definition) is 2. The lowest BCUT2D eigenvalue weighted by molar-refractivity contribution is -0.125. The van der Waals surface area contributed by atoms with Crippen LogP contribution in [0.15, 0.2) is 78.4 Å². The van der Waals surface area contributed by atoms with E-state index in [1.807, 2.05) is 54.6 Å². The van der Waals surface area contributed by atoms with Crippen molar-refractivity contribution >= 4 is 11.8 Å². The summed E-state index contributed by atoms with van der Waals surface area (Å²) in [4.78, 5) is 23.3. The number of rotatable bonds is 6. The van der Waals surface area contributed by atoms with E-state index in [1.165, 1.54) is 0 Å². The quantitative estimate of drug-likeness (QED) is 0.840. The molecule has 0 aromatic heterocycles. The summed E-state index contributed by atoms with van der Waals surface area (Å²) in [6.07, 6.45) is 5.71. The zero-order chi connectivity index (χ0) is 18.6. The van der Waals surface area contributed by atoms with E-state index >= 15 is 0 Å². The van der Waals surface area contributed by atoms with Gasteiger partial charge >= 0.3 is 0 Å². The molecule has 0 aliphatic heterocycles. The van der Waals surface area contributed by atoms with Gasteiger partial charge < -0.3 is 16.2 Å². The van der Waals surface area contributed by atoms with Crippen LogP contribution in [-0.4, -0.2) is 11.8 Å². The SMILES string of the molecule is NC(=O)C1=CCC(Cc2ccc(Oc3ccccc3)cc2)(C(N)=O)C=C1. The number of para-hydroxylation sites is 1. The van der Waals surface area contributed by atoms with Crippen LogP contribution in [0.4, 0.5) is 0 Å². The zero-order valence-electron chi connectivity index (χ0n) is 14.2. The van der Waals surface area contributed by atoms with E-state index in [2.05, 4.69) is 0 Å². The Morgan fingerprint density at radius 1 is 0.962 bits per heavy atom. The zero-order valence-corrected chi connectivity index (χ0v) is 14.2. The van der Waals surface area contributed by atoms with E-state index in [0.29, 0.717) is 24.2 Å². The van der Waals surface area contributed by atoms with Gasteiger partial charge in [0.15, 0.2) is 0 Å². The predicted molar refractivity (Wildman–Crippen MR) is 99.3 cm³/mol. The predicted octanol–water partition coefficient (Wildman–Crippen LogP) is 2.86. The molecule has 2 amide bonds. The van der Waals surface area contributed by atoms with Gasteiger partial charge in [-0.3, -0.25) is 9.59 Å². The molecule has 0 fully saturated rings. The van der Waals surface area contributed by atoms with E-state index in [4.69, 9.17) is 16.2 Å². The van der Waals surface area contributed by atoms with Gasteiger partial charge in [-0.15, -0.1) is 0 Å². The summed E-state index contributed by atoms with van der Waals surface area (Å²) in [6, 6.07) is 17.0. The maximum absolute atomic E-state index is 12.1. The molecule has 0 saturated heterocycles. The molecule has 2 aromatic rings. The lowest BCUT2D eigenvalue weighted by Crippen LogP contribution is -2.38. The Labute approximate surface area is 152 Å². The van der Waals surface area contributed by atoms with Gasteiger partial charge in [-0.05, 0) is 42.7 Å². The van der Waals surface area contributed by atoms with Gasteiger partial charge in [-0.1, -0.05) is 48.6 Å². The smallest absolute Gasteiger partial charge is 0.248 e. The monoisotopic (exact) mass is 348 g/mol. The Kier molecular flexibility index (Phi) is 4.89. The van der Waals surface area contributed by atoms with Crippen molar-refractivity contribution in [2.45, 2.75) is 12.8 Å². The fraction of sp³-hybridized carbons (Fsp3) is 0.143. The molecule has 1 aliphatic rings. The van der Waals surface area contributed by atoms with Crippen LogP contribution >= 0.6 is 0 Å². The summed E-state index contributed by atoms with van der Waals surface area (Å²) >= 11 is 0. The summed E-state index contributed by atoms with van der Waals surface area (Å²) < 4.78 is 5.77. The van der Waals surface area contributed by atoms with Crippen molar-refractivity contribution in [3.8, 4) is 11.5 Å². The molecule has 0 saturated carbocycles. The van der Waals surface area contributed by atoms with Crippen molar-refractivity contribution in [1.82, 2.24) is 0 Å². The molecular formula is C21H20N2O3. The third kappa shape index (κ3) is 3.83. The Hall–Kier alpha value is -3.34. The first-order valence-electron chi connectivity index (χ1n) is 8.29. The van der Waals surface area contributed by atoms with Crippen molar-refractivity contribution in [2.75, 3.05) is 0 Å². The van der Waals surface area contributed by atoms with Crippen LogP contribution in [0.5, 0.6) is 11.5 Å². The summed E-state index contributed by atoms with van der Waals surface area (Å²) in [5.41, 5.74) is 11.4. The lowest BCUT2D eigenvalue weighted by atomic mass is 9.74. The van der Waals surface area contributed by atoms with Crippen molar-refractivity contribution < 1.29 is 14.3 Å². The standard InChI is InChI=1S/C21H20N2O3/c22-19(24)16-10-12-21(13-11-16,20(23)25)14-15-6-8-18(9-7-15)26-17-4-2-1-3-5-17/h1-12H,13-14H2,(H2,22,24)(H2,23,25). The minimum atomic E-state index is -0.860. The van der Waals surface area contributed by atoms with Gasteiger partial charge in [0, 0.05) is 5.57 Å². The normalized spacial score (nSPS) is 18.8. The molecule has 2 aromatic carbocycles. The lowest BCUT2D eigenvalue weighted by Gasteiger charge is -2.29. The number of carbonyl (C=O) groups is 2. The first-order chi connectivity index (χ1) is 12.5. The van der Waals surface area contributed by atoms with Crippen molar-refractivity contribution in [1.29, 1.82) is 0 Å². The third-order valence-electron chi connectivity index (χ3n) is 4.47. The Morgan fingerprint density at radius 3 is 2.15 bits per heavy atom. The van der Waals surface area contributed by atoms with Gasteiger partial charge in [-0.2, -0.15) is 0 Å².